The van der Waals surface area contributed by atoms with Crippen molar-refractivity contribution in [1.29, 1.82) is 0 Å². The standard InChI is InChI=1S/C19H23ClN2OS/c1-19(2,3)11-8-9-12-15(10-11)24-17(21)16(12)18(23)22-14-7-5-4-6-13(14)20/h4-7,11H,8-10,21H2,1-3H3,(H,22,23)/t11-/m0/s1. The van der Waals surface area contributed by atoms with Crippen LogP contribution in [0.15, 0.2) is 24.3 Å². The Morgan fingerprint density at radius 1 is 1.33 bits per heavy atom. The number of nitrogen functional groups attached to an aromatic ring is 1. The lowest BCUT2D eigenvalue weighted by Gasteiger charge is -2.33. The average molecular weight is 363 g/mol. The third-order valence-electron chi connectivity index (χ3n) is 4.87. The number of carbonyl (C=O) groups is 1. The minimum Gasteiger partial charge on any atom is -0.390 e. The number of fused-ring (bicyclic) bond motifs is 1. The number of halogens is 1. The summed E-state index contributed by atoms with van der Waals surface area (Å²) in [4.78, 5) is 14.0. The van der Waals surface area contributed by atoms with E-state index < -0.39 is 0 Å². The largest absolute Gasteiger partial charge is 0.390 e. The van der Waals surface area contributed by atoms with E-state index in [4.69, 9.17) is 17.3 Å². The van der Waals surface area contributed by atoms with Gasteiger partial charge in [0.25, 0.3) is 5.91 Å². The zero-order valence-electron chi connectivity index (χ0n) is 14.3. The average Bonchev–Trinajstić information content (AvgIpc) is 2.83. The zero-order valence-corrected chi connectivity index (χ0v) is 15.9. The van der Waals surface area contributed by atoms with Crippen LogP contribution in [0.25, 0.3) is 0 Å². The summed E-state index contributed by atoms with van der Waals surface area (Å²) in [6, 6.07) is 7.25. The summed E-state index contributed by atoms with van der Waals surface area (Å²) in [5.74, 6) is 0.467. The number of nitrogens with one attached hydrogen (secondary N) is 1. The van der Waals surface area contributed by atoms with Crippen molar-refractivity contribution in [2.75, 3.05) is 11.1 Å². The van der Waals surface area contributed by atoms with Gasteiger partial charge in [0.2, 0.25) is 0 Å². The van der Waals surface area contributed by atoms with Gasteiger partial charge in [-0.25, -0.2) is 0 Å². The van der Waals surface area contributed by atoms with Crippen LogP contribution >= 0.6 is 22.9 Å². The molecule has 5 heteroatoms. The van der Waals surface area contributed by atoms with Crippen LogP contribution in [-0.4, -0.2) is 5.91 Å². The Bertz CT molecular complexity index is 776. The van der Waals surface area contributed by atoms with E-state index in [0.29, 0.717) is 27.2 Å². The molecule has 0 bridgehead atoms. The van der Waals surface area contributed by atoms with Crippen LogP contribution in [0.1, 0.15) is 48.0 Å². The Kier molecular flexibility index (Phi) is 4.63. The Morgan fingerprint density at radius 2 is 2.04 bits per heavy atom. The van der Waals surface area contributed by atoms with Gasteiger partial charge in [-0.3, -0.25) is 4.79 Å². The van der Waals surface area contributed by atoms with E-state index in [1.165, 1.54) is 4.88 Å². The van der Waals surface area contributed by atoms with Crippen LogP contribution in [0.5, 0.6) is 0 Å². The number of rotatable bonds is 2. The van der Waals surface area contributed by atoms with Crippen LogP contribution in [0, 0.1) is 11.3 Å². The van der Waals surface area contributed by atoms with Gasteiger partial charge in [-0.15, -0.1) is 11.3 Å². The van der Waals surface area contributed by atoms with E-state index in [1.807, 2.05) is 12.1 Å². The third-order valence-corrected chi connectivity index (χ3v) is 6.28. The van der Waals surface area contributed by atoms with E-state index in [1.54, 1.807) is 23.5 Å². The SMILES string of the molecule is CC(C)(C)[C@H]1CCc2c(sc(N)c2C(=O)Nc2ccccc2Cl)C1. The fourth-order valence-corrected chi connectivity index (χ4v) is 4.72. The highest BCUT2D eigenvalue weighted by atomic mass is 35.5. The maximum absolute atomic E-state index is 12.8. The summed E-state index contributed by atoms with van der Waals surface area (Å²) < 4.78 is 0. The normalized spacial score (nSPS) is 17.4. The van der Waals surface area contributed by atoms with E-state index in [-0.39, 0.29) is 11.3 Å². The molecule has 1 aromatic carbocycles. The summed E-state index contributed by atoms with van der Waals surface area (Å²) in [5.41, 5.74) is 8.85. The highest BCUT2D eigenvalue weighted by Gasteiger charge is 2.33. The summed E-state index contributed by atoms with van der Waals surface area (Å²) in [6.07, 6.45) is 3.02. The summed E-state index contributed by atoms with van der Waals surface area (Å²) in [5, 5.41) is 4.04. The highest BCUT2D eigenvalue weighted by molar-refractivity contribution is 7.16. The van der Waals surface area contributed by atoms with Gasteiger partial charge in [0, 0.05) is 4.88 Å². The van der Waals surface area contributed by atoms with Crippen molar-refractivity contribution < 1.29 is 4.79 Å². The van der Waals surface area contributed by atoms with Crippen LogP contribution < -0.4 is 11.1 Å². The fraction of sp³-hybridized carbons (Fsp3) is 0.421. The Morgan fingerprint density at radius 3 is 2.71 bits per heavy atom. The number of amides is 1. The summed E-state index contributed by atoms with van der Waals surface area (Å²) >= 11 is 7.70. The minimum absolute atomic E-state index is 0.160. The molecule has 3 nitrogen and oxygen atoms in total. The lowest BCUT2D eigenvalue weighted by Crippen LogP contribution is -2.27. The number of hydrogen-bond donors (Lipinski definition) is 2. The van der Waals surface area contributed by atoms with E-state index in [2.05, 4.69) is 26.1 Å². The molecule has 2 aromatic rings. The molecule has 3 rings (SSSR count). The van der Waals surface area contributed by atoms with Crippen molar-refractivity contribution in [2.45, 2.75) is 40.0 Å². The molecule has 24 heavy (non-hydrogen) atoms. The topological polar surface area (TPSA) is 55.1 Å². The second-order valence-electron chi connectivity index (χ2n) is 7.48. The Labute approximate surface area is 152 Å². The van der Waals surface area contributed by atoms with Gasteiger partial charge >= 0.3 is 0 Å². The molecule has 1 atom stereocenters. The minimum atomic E-state index is -0.160. The molecule has 0 saturated carbocycles. The van der Waals surface area contributed by atoms with Gasteiger partial charge in [-0.05, 0) is 48.3 Å². The van der Waals surface area contributed by atoms with Crippen LogP contribution in [-0.2, 0) is 12.8 Å². The number of hydrogen-bond acceptors (Lipinski definition) is 3. The van der Waals surface area contributed by atoms with E-state index in [0.717, 1.165) is 24.8 Å². The molecule has 3 N–H and O–H groups in total. The predicted octanol–water partition coefficient (Wildman–Crippen LogP) is 5.39. The molecule has 1 aromatic heterocycles. The van der Waals surface area contributed by atoms with Crippen molar-refractivity contribution in [3.63, 3.8) is 0 Å². The lowest BCUT2D eigenvalue weighted by atomic mass is 9.72. The van der Waals surface area contributed by atoms with Gasteiger partial charge in [0.05, 0.1) is 21.3 Å². The van der Waals surface area contributed by atoms with E-state index >= 15 is 0 Å². The second kappa shape index (κ2) is 6.41. The summed E-state index contributed by atoms with van der Waals surface area (Å²) in [6.45, 7) is 6.85. The molecule has 0 unspecified atom stereocenters. The number of thiophene rings is 1. The molecule has 0 radical (unpaired) electrons. The second-order valence-corrected chi connectivity index (χ2v) is 9.03. The fourth-order valence-electron chi connectivity index (χ4n) is 3.34. The maximum atomic E-state index is 12.8. The number of para-hydroxylation sites is 1. The predicted molar refractivity (Wildman–Crippen MR) is 103 cm³/mol. The molecule has 128 valence electrons. The first-order chi connectivity index (χ1) is 11.3. The zero-order chi connectivity index (χ0) is 17.5. The molecule has 0 fully saturated rings. The van der Waals surface area contributed by atoms with Crippen molar-refractivity contribution in [1.82, 2.24) is 0 Å². The molecule has 0 aliphatic heterocycles. The molecule has 1 amide bonds. The molecule has 1 aliphatic carbocycles. The summed E-state index contributed by atoms with van der Waals surface area (Å²) in [7, 11) is 0. The smallest absolute Gasteiger partial charge is 0.258 e. The first-order valence-electron chi connectivity index (χ1n) is 8.23. The van der Waals surface area contributed by atoms with E-state index in [9.17, 15) is 4.79 Å². The van der Waals surface area contributed by atoms with Gasteiger partial charge in [0.15, 0.2) is 0 Å². The molecular weight excluding hydrogens is 340 g/mol. The van der Waals surface area contributed by atoms with Crippen molar-refractivity contribution in [3.05, 3.63) is 45.3 Å². The van der Waals surface area contributed by atoms with Crippen molar-refractivity contribution >= 4 is 39.5 Å². The highest BCUT2D eigenvalue weighted by Crippen LogP contribution is 2.43. The number of nitrogens with two attached hydrogens (primary N) is 1. The van der Waals surface area contributed by atoms with Gasteiger partial charge in [-0.1, -0.05) is 44.5 Å². The molecule has 1 heterocycles. The monoisotopic (exact) mass is 362 g/mol. The first-order valence-corrected chi connectivity index (χ1v) is 9.42. The molecule has 0 spiro atoms. The van der Waals surface area contributed by atoms with Crippen molar-refractivity contribution in [3.8, 4) is 0 Å². The van der Waals surface area contributed by atoms with Crippen LogP contribution in [0.3, 0.4) is 0 Å². The molecule has 0 saturated heterocycles. The number of anilines is 2. The quantitative estimate of drug-likeness (QED) is 0.752. The lowest BCUT2D eigenvalue weighted by molar-refractivity contribution is 0.102. The van der Waals surface area contributed by atoms with Crippen molar-refractivity contribution in [2.24, 2.45) is 11.3 Å². The van der Waals surface area contributed by atoms with Gasteiger partial charge in [0.1, 0.15) is 0 Å². The maximum Gasteiger partial charge on any atom is 0.258 e. The number of benzene rings is 1. The van der Waals surface area contributed by atoms with Gasteiger partial charge in [-0.2, -0.15) is 0 Å². The van der Waals surface area contributed by atoms with Gasteiger partial charge < -0.3 is 11.1 Å². The molecule has 1 aliphatic rings. The number of carbonyl (C=O) groups excluding carboxylic acids is 1. The first kappa shape index (κ1) is 17.3. The Hall–Kier alpha value is -1.52. The Balaban J connectivity index is 1.87. The van der Waals surface area contributed by atoms with Crippen LogP contribution in [0.2, 0.25) is 5.02 Å². The van der Waals surface area contributed by atoms with Crippen LogP contribution in [0.4, 0.5) is 10.7 Å². The molecular formula is C19H23ClN2OS. The third kappa shape index (κ3) is 3.31.